The van der Waals surface area contributed by atoms with E-state index in [4.69, 9.17) is 5.73 Å². The molecule has 5 nitrogen and oxygen atoms in total. The van der Waals surface area contributed by atoms with Gasteiger partial charge in [0, 0.05) is 5.54 Å². The van der Waals surface area contributed by atoms with Crippen LogP contribution < -0.4 is 16.4 Å². The van der Waals surface area contributed by atoms with Crippen LogP contribution in [-0.4, -0.2) is 29.9 Å². The molecule has 2 amide bonds. The lowest BCUT2D eigenvalue weighted by atomic mass is 9.82. The van der Waals surface area contributed by atoms with Gasteiger partial charge in [-0.2, -0.15) is 0 Å². The number of hydrogen-bond acceptors (Lipinski definition) is 3. The van der Waals surface area contributed by atoms with Crippen LogP contribution in [0.4, 0.5) is 0 Å². The SMILES string of the molecule is CC(C)[C@H](N)C(=O)NCC(=O)NC(C)(C)CC(C)(C)C. The van der Waals surface area contributed by atoms with E-state index in [2.05, 4.69) is 31.4 Å². The van der Waals surface area contributed by atoms with Crippen molar-refractivity contribution >= 4 is 11.8 Å². The Morgan fingerprint density at radius 2 is 1.60 bits per heavy atom. The molecule has 5 heteroatoms. The summed E-state index contributed by atoms with van der Waals surface area (Å²) in [6, 6.07) is -0.578. The van der Waals surface area contributed by atoms with Crippen molar-refractivity contribution in [1.82, 2.24) is 10.6 Å². The molecule has 0 saturated carbocycles. The van der Waals surface area contributed by atoms with Gasteiger partial charge >= 0.3 is 0 Å². The fourth-order valence-corrected chi connectivity index (χ4v) is 2.38. The molecule has 0 aromatic heterocycles. The summed E-state index contributed by atoms with van der Waals surface area (Å²) in [5.74, 6) is -0.428. The third-order valence-corrected chi connectivity index (χ3v) is 2.89. The highest BCUT2D eigenvalue weighted by Crippen LogP contribution is 2.26. The molecule has 0 heterocycles. The Labute approximate surface area is 123 Å². The molecular weight excluding hydrogens is 254 g/mol. The summed E-state index contributed by atoms with van der Waals surface area (Å²) < 4.78 is 0. The van der Waals surface area contributed by atoms with E-state index < -0.39 is 6.04 Å². The van der Waals surface area contributed by atoms with E-state index in [9.17, 15) is 9.59 Å². The van der Waals surface area contributed by atoms with E-state index in [0.717, 1.165) is 6.42 Å². The van der Waals surface area contributed by atoms with Gasteiger partial charge in [0.1, 0.15) is 0 Å². The molecular formula is C15H31N3O2. The average Bonchev–Trinajstić information content (AvgIpc) is 2.20. The first-order valence-corrected chi connectivity index (χ1v) is 7.18. The number of carbonyl (C=O) groups is 2. The van der Waals surface area contributed by atoms with Gasteiger partial charge < -0.3 is 16.4 Å². The van der Waals surface area contributed by atoms with Gasteiger partial charge in [-0.3, -0.25) is 9.59 Å². The zero-order valence-electron chi connectivity index (χ0n) is 14.0. The van der Waals surface area contributed by atoms with Crippen molar-refractivity contribution in [2.75, 3.05) is 6.54 Å². The molecule has 0 spiro atoms. The third-order valence-electron chi connectivity index (χ3n) is 2.89. The number of hydrogen-bond donors (Lipinski definition) is 3. The topological polar surface area (TPSA) is 84.2 Å². The smallest absolute Gasteiger partial charge is 0.239 e. The lowest BCUT2D eigenvalue weighted by molar-refractivity contribution is -0.128. The van der Waals surface area contributed by atoms with Crippen LogP contribution in [0, 0.1) is 11.3 Å². The number of nitrogens with two attached hydrogens (primary N) is 1. The molecule has 0 saturated heterocycles. The van der Waals surface area contributed by atoms with Crippen molar-refractivity contribution in [2.24, 2.45) is 17.1 Å². The first-order valence-electron chi connectivity index (χ1n) is 7.18. The van der Waals surface area contributed by atoms with E-state index in [1.807, 2.05) is 27.7 Å². The van der Waals surface area contributed by atoms with Crippen molar-refractivity contribution in [3.8, 4) is 0 Å². The summed E-state index contributed by atoms with van der Waals surface area (Å²) in [6.07, 6.45) is 0.852. The summed E-state index contributed by atoms with van der Waals surface area (Å²) >= 11 is 0. The van der Waals surface area contributed by atoms with Gasteiger partial charge in [-0.05, 0) is 31.6 Å². The highest BCUT2D eigenvalue weighted by Gasteiger charge is 2.27. The largest absolute Gasteiger partial charge is 0.350 e. The molecule has 1 atom stereocenters. The molecule has 0 unspecified atom stereocenters. The molecule has 0 fully saturated rings. The number of rotatable bonds is 6. The van der Waals surface area contributed by atoms with E-state index in [-0.39, 0.29) is 35.2 Å². The number of amides is 2. The summed E-state index contributed by atoms with van der Waals surface area (Å²) in [6.45, 7) is 14.1. The fraction of sp³-hybridized carbons (Fsp3) is 0.867. The van der Waals surface area contributed by atoms with Gasteiger partial charge in [0.25, 0.3) is 0 Å². The van der Waals surface area contributed by atoms with E-state index >= 15 is 0 Å². The van der Waals surface area contributed by atoms with Crippen molar-refractivity contribution in [3.63, 3.8) is 0 Å². The maximum absolute atomic E-state index is 11.9. The highest BCUT2D eigenvalue weighted by atomic mass is 16.2. The van der Waals surface area contributed by atoms with Crippen LogP contribution in [0.25, 0.3) is 0 Å². The Bertz CT molecular complexity index is 344. The zero-order valence-corrected chi connectivity index (χ0v) is 14.0. The minimum atomic E-state index is -0.578. The Morgan fingerprint density at radius 3 is 2.00 bits per heavy atom. The molecule has 0 aromatic carbocycles. The van der Waals surface area contributed by atoms with Gasteiger partial charge in [-0.1, -0.05) is 34.6 Å². The molecule has 0 aliphatic carbocycles. The standard InChI is InChI=1S/C15H31N3O2/c1-10(2)12(16)13(20)17-8-11(19)18-15(6,7)9-14(3,4)5/h10,12H,8-9,16H2,1-7H3,(H,17,20)(H,18,19)/t12-/m0/s1. The molecule has 20 heavy (non-hydrogen) atoms. The second kappa shape index (κ2) is 7.07. The minimum Gasteiger partial charge on any atom is -0.350 e. The van der Waals surface area contributed by atoms with Crippen LogP contribution in [0.2, 0.25) is 0 Å². The average molecular weight is 285 g/mol. The lowest BCUT2D eigenvalue weighted by Gasteiger charge is -2.33. The van der Waals surface area contributed by atoms with Gasteiger partial charge in [-0.25, -0.2) is 0 Å². The third kappa shape index (κ3) is 8.15. The first kappa shape index (κ1) is 18.9. The predicted molar refractivity (Wildman–Crippen MR) is 82.1 cm³/mol. The van der Waals surface area contributed by atoms with Crippen molar-refractivity contribution in [3.05, 3.63) is 0 Å². The van der Waals surface area contributed by atoms with Gasteiger partial charge in [0.15, 0.2) is 0 Å². The van der Waals surface area contributed by atoms with Crippen LogP contribution >= 0.6 is 0 Å². The second-order valence-corrected chi connectivity index (χ2v) is 7.66. The van der Waals surface area contributed by atoms with Gasteiger partial charge in [0.2, 0.25) is 11.8 Å². The Hall–Kier alpha value is -1.10. The summed E-state index contributed by atoms with van der Waals surface area (Å²) in [5, 5.41) is 5.51. The second-order valence-electron chi connectivity index (χ2n) is 7.66. The maximum Gasteiger partial charge on any atom is 0.239 e. The molecule has 0 radical (unpaired) electrons. The van der Waals surface area contributed by atoms with E-state index in [1.165, 1.54) is 0 Å². The van der Waals surface area contributed by atoms with Crippen LogP contribution in [0.15, 0.2) is 0 Å². The quantitative estimate of drug-likeness (QED) is 0.690. The Kier molecular flexibility index (Phi) is 6.68. The molecule has 0 aromatic rings. The molecule has 118 valence electrons. The summed E-state index contributed by atoms with van der Waals surface area (Å²) in [5.41, 5.74) is 5.53. The van der Waals surface area contributed by atoms with Crippen molar-refractivity contribution < 1.29 is 9.59 Å². The van der Waals surface area contributed by atoms with E-state index in [0.29, 0.717) is 0 Å². The van der Waals surface area contributed by atoms with Gasteiger partial charge in [0.05, 0.1) is 12.6 Å². The normalized spacial score (nSPS) is 14.1. The van der Waals surface area contributed by atoms with Crippen molar-refractivity contribution in [1.29, 1.82) is 0 Å². The highest BCUT2D eigenvalue weighted by molar-refractivity contribution is 5.87. The van der Waals surface area contributed by atoms with Crippen LogP contribution in [0.3, 0.4) is 0 Å². The van der Waals surface area contributed by atoms with E-state index in [1.54, 1.807) is 0 Å². The molecule has 0 rings (SSSR count). The predicted octanol–water partition coefficient (Wildman–Crippen LogP) is 1.42. The molecule has 0 bridgehead atoms. The molecule has 4 N–H and O–H groups in total. The molecule has 0 aliphatic heterocycles. The summed E-state index contributed by atoms with van der Waals surface area (Å²) in [7, 11) is 0. The monoisotopic (exact) mass is 285 g/mol. The lowest BCUT2D eigenvalue weighted by Crippen LogP contribution is -2.51. The fourth-order valence-electron chi connectivity index (χ4n) is 2.38. The first-order chi connectivity index (χ1) is 8.84. The van der Waals surface area contributed by atoms with Crippen LogP contribution in [0.1, 0.15) is 54.9 Å². The number of carbonyl (C=O) groups excluding carboxylic acids is 2. The Morgan fingerprint density at radius 1 is 1.10 bits per heavy atom. The Balaban J connectivity index is 4.27. The van der Waals surface area contributed by atoms with Crippen molar-refractivity contribution in [2.45, 2.75) is 66.5 Å². The van der Waals surface area contributed by atoms with Crippen LogP contribution in [-0.2, 0) is 9.59 Å². The number of nitrogens with one attached hydrogen (secondary N) is 2. The van der Waals surface area contributed by atoms with Crippen LogP contribution in [0.5, 0.6) is 0 Å². The zero-order chi connectivity index (χ0) is 16.1. The maximum atomic E-state index is 11.9. The minimum absolute atomic E-state index is 0.0349. The van der Waals surface area contributed by atoms with Gasteiger partial charge in [-0.15, -0.1) is 0 Å². The molecule has 0 aliphatic rings. The summed E-state index contributed by atoms with van der Waals surface area (Å²) in [4.78, 5) is 23.5.